The molecule has 148 valence electrons. The van der Waals surface area contributed by atoms with Gasteiger partial charge in [0.15, 0.2) is 0 Å². The number of hydrogen-bond acceptors (Lipinski definition) is 10. The molecule has 2 aromatic rings. The van der Waals surface area contributed by atoms with E-state index in [9.17, 15) is 46.2 Å². The zero-order valence-corrected chi connectivity index (χ0v) is 21.0. The van der Waals surface area contributed by atoms with Crippen molar-refractivity contribution in [1.29, 1.82) is 0 Å². The molecule has 0 saturated heterocycles. The van der Waals surface area contributed by atoms with Gasteiger partial charge in [-0.2, -0.15) is 0 Å². The molecule has 0 heterocycles. The SMILES string of the molecule is O=[N+]([O-])c1ccc(C=Cc2ccc([N+](=O)[O-])cc2S(=O)(=O)[O-])c(S(=O)(=O)[O-])c1.[Na+].[Na+]. The molecule has 2 rings (SSSR count). The first-order valence-corrected chi connectivity index (χ1v) is 9.79. The second kappa shape index (κ2) is 10.9. The van der Waals surface area contributed by atoms with Crippen LogP contribution in [0.3, 0.4) is 0 Å². The van der Waals surface area contributed by atoms with E-state index in [0.717, 1.165) is 36.4 Å². The molecular formula is C14H8N2Na2O10S2. The molecule has 30 heavy (non-hydrogen) atoms. The van der Waals surface area contributed by atoms with Crippen LogP contribution in [0.1, 0.15) is 11.1 Å². The molecule has 16 heteroatoms. The minimum Gasteiger partial charge on any atom is -0.744 e. The van der Waals surface area contributed by atoms with E-state index in [1.165, 1.54) is 0 Å². The van der Waals surface area contributed by atoms with Gasteiger partial charge >= 0.3 is 59.1 Å². The van der Waals surface area contributed by atoms with Crippen molar-refractivity contribution in [3.8, 4) is 0 Å². The van der Waals surface area contributed by atoms with Crippen molar-refractivity contribution in [1.82, 2.24) is 0 Å². The van der Waals surface area contributed by atoms with Crippen LogP contribution in [0.4, 0.5) is 11.4 Å². The third kappa shape index (κ3) is 7.19. The van der Waals surface area contributed by atoms with Crippen LogP contribution in [-0.4, -0.2) is 35.8 Å². The van der Waals surface area contributed by atoms with Crippen molar-refractivity contribution in [2.75, 3.05) is 0 Å². The third-order valence-corrected chi connectivity index (χ3v) is 5.18. The van der Waals surface area contributed by atoms with E-state index in [0.29, 0.717) is 12.1 Å². The number of non-ortho nitro benzene ring substituents is 2. The summed E-state index contributed by atoms with van der Waals surface area (Å²) in [5.74, 6) is 0. The number of benzene rings is 2. The molecule has 0 aliphatic rings. The average molecular weight is 474 g/mol. The molecule has 0 aliphatic carbocycles. The van der Waals surface area contributed by atoms with E-state index < -0.39 is 51.2 Å². The van der Waals surface area contributed by atoms with E-state index in [1.54, 1.807) is 0 Å². The average Bonchev–Trinajstić information content (AvgIpc) is 2.57. The van der Waals surface area contributed by atoms with Gasteiger partial charge in [0, 0.05) is 24.3 Å². The van der Waals surface area contributed by atoms with Gasteiger partial charge in [-0.25, -0.2) is 16.8 Å². The van der Waals surface area contributed by atoms with Gasteiger partial charge in [-0.15, -0.1) is 0 Å². The maximum atomic E-state index is 11.4. The summed E-state index contributed by atoms with van der Waals surface area (Å²) in [6.07, 6.45) is 1.87. The van der Waals surface area contributed by atoms with E-state index in [2.05, 4.69) is 0 Å². The molecule has 0 fully saturated rings. The molecular weight excluding hydrogens is 466 g/mol. The van der Waals surface area contributed by atoms with Crippen LogP contribution in [0.5, 0.6) is 0 Å². The van der Waals surface area contributed by atoms with Crippen LogP contribution in [0.25, 0.3) is 12.2 Å². The summed E-state index contributed by atoms with van der Waals surface area (Å²) < 4.78 is 68.1. The number of nitrogens with zero attached hydrogens (tertiary/aromatic N) is 2. The molecule has 12 nitrogen and oxygen atoms in total. The van der Waals surface area contributed by atoms with Gasteiger partial charge in [0.2, 0.25) is 0 Å². The predicted molar refractivity (Wildman–Crippen MR) is 91.0 cm³/mol. The zero-order chi connectivity index (χ0) is 21.3. The number of nitro benzene ring substituents is 2. The van der Waals surface area contributed by atoms with Crippen molar-refractivity contribution >= 4 is 43.8 Å². The molecule has 0 aliphatic heterocycles. The summed E-state index contributed by atoms with van der Waals surface area (Å²) in [6, 6.07) is 4.77. The van der Waals surface area contributed by atoms with Crippen molar-refractivity contribution in [2.45, 2.75) is 9.79 Å². The first kappa shape index (κ1) is 28.8. The van der Waals surface area contributed by atoms with Crippen molar-refractivity contribution in [3.05, 3.63) is 67.8 Å². The maximum Gasteiger partial charge on any atom is 1.00 e. The summed E-state index contributed by atoms with van der Waals surface area (Å²) in [6.45, 7) is 0. The first-order valence-electron chi connectivity index (χ1n) is 6.97. The summed E-state index contributed by atoms with van der Waals surface area (Å²) in [7, 11) is -10.3. The van der Waals surface area contributed by atoms with Crippen LogP contribution in [0.15, 0.2) is 46.2 Å². The Morgan fingerprint density at radius 1 is 0.667 bits per heavy atom. The minimum absolute atomic E-state index is 0. The second-order valence-electron chi connectivity index (χ2n) is 5.20. The van der Waals surface area contributed by atoms with Crippen LogP contribution in [-0.2, 0) is 20.2 Å². The normalized spacial score (nSPS) is 11.4. The molecule has 2 aromatic carbocycles. The summed E-state index contributed by atoms with van der Waals surface area (Å²) in [4.78, 5) is 17.8. The monoisotopic (exact) mass is 474 g/mol. The molecule has 0 amide bonds. The Kier molecular flexibility index (Phi) is 10.5. The molecule has 0 unspecified atom stereocenters. The maximum absolute atomic E-state index is 11.4. The fraction of sp³-hybridized carbons (Fsp3) is 0. The van der Waals surface area contributed by atoms with Gasteiger partial charge in [-0.3, -0.25) is 20.2 Å². The van der Waals surface area contributed by atoms with Gasteiger partial charge in [-0.05, 0) is 23.3 Å². The van der Waals surface area contributed by atoms with Gasteiger partial charge in [0.1, 0.15) is 20.2 Å². The topological polar surface area (TPSA) is 201 Å². The van der Waals surface area contributed by atoms with Crippen molar-refractivity contribution < 1.29 is 94.9 Å². The summed E-state index contributed by atoms with van der Waals surface area (Å²) in [5, 5.41) is 21.5. The van der Waals surface area contributed by atoms with Gasteiger partial charge < -0.3 is 9.11 Å². The third-order valence-electron chi connectivity index (χ3n) is 3.40. The Morgan fingerprint density at radius 3 is 1.20 bits per heavy atom. The first-order chi connectivity index (χ1) is 12.8. The fourth-order valence-corrected chi connectivity index (χ4v) is 3.54. The van der Waals surface area contributed by atoms with Crippen LogP contribution < -0.4 is 59.1 Å². The fourth-order valence-electron chi connectivity index (χ4n) is 2.16. The Hall–Kier alpha value is -1.20. The largest absolute Gasteiger partial charge is 1.00 e. The van der Waals surface area contributed by atoms with E-state index in [1.807, 2.05) is 0 Å². The van der Waals surface area contributed by atoms with Crippen molar-refractivity contribution in [2.24, 2.45) is 0 Å². The minimum atomic E-state index is -5.13. The van der Waals surface area contributed by atoms with Crippen LogP contribution >= 0.6 is 0 Å². The Balaban J connectivity index is 0.00000420. The molecule has 0 aromatic heterocycles. The van der Waals surface area contributed by atoms with Crippen molar-refractivity contribution in [3.63, 3.8) is 0 Å². The van der Waals surface area contributed by atoms with E-state index >= 15 is 0 Å². The molecule has 0 bridgehead atoms. The second-order valence-corrected chi connectivity index (χ2v) is 7.90. The Morgan fingerprint density at radius 2 is 0.967 bits per heavy atom. The van der Waals surface area contributed by atoms with E-state index in [-0.39, 0.29) is 70.2 Å². The molecule has 0 atom stereocenters. The van der Waals surface area contributed by atoms with E-state index in [4.69, 9.17) is 0 Å². The smallest absolute Gasteiger partial charge is 0.744 e. The standard InChI is InChI=1S/C14H10N2O10S2.2Na/c17-15(18)11-5-3-9(13(7-11)27(21,22)23)1-2-10-4-6-12(16(19)20)8-14(10)28(24,25)26;;/h1-8H,(H,21,22,23)(H,24,25,26);;/q;2*+1/p-2. The number of nitro groups is 2. The van der Waals surface area contributed by atoms with Gasteiger partial charge in [0.05, 0.1) is 19.6 Å². The molecule has 0 radical (unpaired) electrons. The summed E-state index contributed by atoms with van der Waals surface area (Å²) in [5.41, 5.74) is -1.95. The predicted octanol–water partition coefficient (Wildman–Crippen LogP) is -4.51. The quantitative estimate of drug-likeness (QED) is 0.129. The van der Waals surface area contributed by atoms with Gasteiger partial charge in [-0.1, -0.05) is 12.2 Å². The molecule has 0 spiro atoms. The molecule has 0 N–H and O–H groups in total. The zero-order valence-electron chi connectivity index (χ0n) is 15.4. The summed E-state index contributed by atoms with van der Waals surface area (Å²) >= 11 is 0. The van der Waals surface area contributed by atoms with Gasteiger partial charge in [0.25, 0.3) is 11.4 Å². The number of rotatable bonds is 6. The van der Waals surface area contributed by atoms with Crippen LogP contribution in [0, 0.1) is 20.2 Å². The number of hydrogen-bond donors (Lipinski definition) is 0. The molecule has 0 saturated carbocycles. The van der Waals surface area contributed by atoms with Crippen LogP contribution in [0.2, 0.25) is 0 Å². The Labute approximate surface area is 214 Å². The Bertz CT molecular complexity index is 1130.